The molecule has 1 aromatic carbocycles. The number of carbonyl (C=O) groups excluding carboxylic acids is 2. The predicted molar refractivity (Wildman–Crippen MR) is 72.5 cm³/mol. The first-order chi connectivity index (χ1) is 9.95. The first-order valence-electron chi connectivity index (χ1n) is 6.83. The number of carbonyl (C=O) groups is 2. The van der Waals surface area contributed by atoms with E-state index < -0.39 is 11.6 Å². The Balaban J connectivity index is 1.91. The van der Waals surface area contributed by atoms with E-state index in [-0.39, 0.29) is 30.0 Å². The minimum Gasteiger partial charge on any atom is -0.369 e. The van der Waals surface area contributed by atoms with E-state index in [9.17, 15) is 18.4 Å². The number of amides is 2. The summed E-state index contributed by atoms with van der Waals surface area (Å²) >= 11 is 0. The van der Waals surface area contributed by atoms with Gasteiger partial charge in [-0.05, 0) is 25.0 Å². The lowest BCUT2D eigenvalue weighted by Gasteiger charge is -2.27. The number of hydrogen-bond donors (Lipinski definition) is 3. The Morgan fingerprint density at radius 1 is 1.38 bits per heavy atom. The third-order valence-electron chi connectivity index (χ3n) is 3.64. The average molecular weight is 298 g/mol. The number of nitrogens with one attached hydrogen (secondary N) is 2. The molecule has 1 aromatic rings. The number of benzene rings is 1. The number of primary amides is 1. The van der Waals surface area contributed by atoms with E-state index in [2.05, 4.69) is 5.32 Å². The summed E-state index contributed by atoms with van der Waals surface area (Å²) in [4.78, 5) is 24.0. The molecule has 1 heterocycles. The fourth-order valence-electron chi connectivity index (χ4n) is 2.57. The van der Waals surface area contributed by atoms with Gasteiger partial charge in [0.05, 0.1) is 24.7 Å². The lowest BCUT2D eigenvalue weighted by atomic mass is 9.97. The summed E-state index contributed by atoms with van der Waals surface area (Å²) in [6.45, 7) is 1.40. The van der Waals surface area contributed by atoms with Crippen LogP contribution in [0, 0.1) is 17.6 Å². The van der Waals surface area contributed by atoms with Crippen LogP contribution in [0.5, 0.6) is 0 Å². The third-order valence-corrected chi connectivity index (χ3v) is 3.64. The monoisotopic (exact) mass is 298 g/mol. The van der Waals surface area contributed by atoms with Gasteiger partial charge in [-0.25, -0.2) is 8.78 Å². The lowest BCUT2D eigenvalue weighted by Crippen LogP contribution is -3.14. The predicted octanol–water partition coefficient (Wildman–Crippen LogP) is -0.316. The molecule has 1 saturated heterocycles. The van der Waals surface area contributed by atoms with Crippen molar-refractivity contribution in [2.24, 2.45) is 11.7 Å². The van der Waals surface area contributed by atoms with Crippen molar-refractivity contribution < 1.29 is 23.3 Å². The minimum absolute atomic E-state index is 0.0516. The minimum atomic E-state index is -0.813. The molecule has 1 aliphatic rings. The summed E-state index contributed by atoms with van der Waals surface area (Å²) in [6, 6.07) is 2.97. The molecule has 1 fully saturated rings. The number of nitrogens with two attached hydrogens (primary N) is 1. The number of anilines is 1. The number of quaternary nitrogens is 1. The van der Waals surface area contributed by atoms with E-state index in [4.69, 9.17) is 5.73 Å². The average Bonchev–Trinajstić information content (AvgIpc) is 2.42. The van der Waals surface area contributed by atoms with Crippen molar-refractivity contribution in [3.8, 4) is 0 Å². The Bertz CT molecular complexity index is 551. The fraction of sp³-hybridized carbons (Fsp3) is 0.429. The molecule has 114 valence electrons. The molecule has 1 aliphatic heterocycles. The van der Waals surface area contributed by atoms with Crippen molar-refractivity contribution in [3.05, 3.63) is 29.8 Å². The normalized spacial score (nSPS) is 21.8. The second-order valence-corrected chi connectivity index (χ2v) is 5.29. The van der Waals surface area contributed by atoms with Gasteiger partial charge in [-0.15, -0.1) is 0 Å². The topological polar surface area (TPSA) is 76.6 Å². The molecular weight excluding hydrogens is 280 g/mol. The molecule has 0 radical (unpaired) electrons. The Hall–Kier alpha value is -2.02. The van der Waals surface area contributed by atoms with Crippen LogP contribution in [-0.4, -0.2) is 31.4 Å². The van der Waals surface area contributed by atoms with Gasteiger partial charge in [-0.3, -0.25) is 9.59 Å². The quantitative estimate of drug-likeness (QED) is 0.713. The molecule has 7 heteroatoms. The number of rotatable bonds is 4. The standard InChI is InChI=1S/C14H17F2N3O2/c15-10-3-4-12(11(16)6-10)18-13(20)8-19-5-1-2-9(7-19)14(17)21/h3-4,6,9H,1-2,5,7-8H2,(H2,17,21)(H,18,20)/p+1/t9-/m0/s1. The smallest absolute Gasteiger partial charge is 0.279 e. The molecule has 0 spiro atoms. The molecule has 0 saturated carbocycles. The van der Waals surface area contributed by atoms with E-state index in [1.165, 1.54) is 6.07 Å². The maximum atomic E-state index is 13.4. The zero-order valence-electron chi connectivity index (χ0n) is 11.5. The highest BCUT2D eigenvalue weighted by Gasteiger charge is 2.28. The second kappa shape index (κ2) is 6.62. The van der Waals surface area contributed by atoms with Gasteiger partial charge in [0.1, 0.15) is 11.6 Å². The molecule has 0 bridgehead atoms. The third kappa shape index (κ3) is 4.22. The summed E-state index contributed by atoms with van der Waals surface area (Å²) < 4.78 is 26.2. The van der Waals surface area contributed by atoms with Gasteiger partial charge in [0.25, 0.3) is 5.91 Å². The largest absolute Gasteiger partial charge is 0.369 e. The van der Waals surface area contributed by atoms with Crippen LogP contribution in [0.3, 0.4) is 0 Å². The van der Waals surface area contributed by atoms with Gasteiger partial charge in [-0.1, -0.05) is 0 Å². The summed E-state index contributed by atoms with van der Waals surface area (Å²) in [6.07, 6.45) is 1.56. The van der Waals surface area contributed by atoms with Crippen LogP contribution >= 0.6 is 0 Å². The van der Waals surface area contributed by atoms with Crippen LogP contribution in [0.2, 0.25) is 0 Å². The molecule has 0 aromatic heterocycles. The molecule has 2 rings (SSSR count). The van der Waals surface area contributed by atoms with Crippen LogP contribution in [0.4, 0.5) is 14.5 Å². The SMILES string of the molecule is NC(=O)[C@H]1CCC[NH+](CC(=O)Nc2ccc(F)cc2F)C1. The molecule has 2 amide bonds. The van der Waals surface area contributed by atoms with Crippen molar-refractivity contribution in [3.63, 3.8) is 0 Å². The van der Waals surface area contributed by atoms with Gasteiger partial charge >= 0.3 is 0 Å². The van der Waals surface area contributed by atoms with Crippen LogP contribution in [0.15, 0.2) is 18.2 Å². The summed E-state index contributed by atoms with van der Waals surface area (Å²) in [5.74, 6) is -2.45. The van der Waals surface area contributed by atoms with Crippen molar-refractivity contribution in [2.45, 2.75) is 12.8 Å². The molecule has 5 nitrogen and oxygen atoms in total. The maximum absolute atomic E-state index is 13.4. The van der Waals surface area contributed by atoms with E-state index in [0.29, 0.717) is 12.6 Å². The van der Waals surface area contributed by atoms with Crippen molar-refractivity contribution in [1.82, 2.24) is 0 Å². The van der Waals surface area contributed by atoms with Gasteiger partial charge in [-0.2, -0.15) is 0 Å². The van der Waals surface area contributed by atoms with E-state index in [1.54, 1.807) is 0 Å². The Kier molecular flexibility index (Phi) is 4.85. The first-order valence-corrected chi connectivity index (χ1v) is 6.83. The maximum Gasteiger partial charge on any atom is 0.279 e. The van der Waals surface area contributed by atoms with Gasteiger partial charge in [0, 0.05) is 6.07 Å². The zero-order chi connectivity index (χ0) is 15.4. The van der Waals surface area contributed by atoms with Gasteiger partial charge in [0.15, 0.2) is 6.54 Å². The number of halogens is 2. The second-order valence-electron chi connectivity index (χ2n) is 5.29. The zero-order valence-corrected chi connectivity index (χ0v) is 11.5. The molecule has 4 N–H and O–H groups in total. The van der Waals surface area contributed by atoms with Gasteiger partial charge in [0.2, 0.25) is 5.91 Å². The number of hydrogen-bond acceptors (Lipinski definition) is 2. The lowest BCUT2D eigenvalue weighted by molar-refractivity contribution is -0.899. The van der Waals surface area contributed by atoms with E-state index in [1.807, 2.05) is 0 Å². The molecule has 1 unspecified atom stereocenters. The van der Waals surface area contributed by atoms with Crippen molar-refractivity contribution >= 4 is 17.5 Å². The highest BCUT2D eigenvalue weighted by atomic mass is 19.1. The fourth-order valence-corrected chi connectivity index (χ4v) is 2.57. The van der Waals surface area contributed by atoms with Crippen molar-refractivity contribution in [1.29, 1.82) is 0 Å². The van der Waals surface area contributed by atoms with Crippen LogP contribution in [0.1, 0.15) is 12.8 Å². The number of likely N-dealkylation sites (tertiary alicyclic amines) is 1. The number of piperidine rings is 1. The Morgan fingerprint density at radius 3 is 2.81 bits per heavy atom. The highest BCUT2D eigenvalue weighted by molar-refractivity contribution is 5.91. The van der Waals surface area contributed by atoms with Gasteiger partial charge < -0.3 is 16.0 Å². The summed E-state index contributed by atoms with van der Waals surface area (Å²) in [5, 5.41) is 2.41. The summed E-state index contributed by atoms with van der Waals surface area (Å²) in [7, 11) is 0. The van der Waals surface area contributed by atoms with Crippen LogP contribution < -0.4 is 16.0 Å². The Morgan fingerprint density at radius 2 is 2.14 bits per heavy atom. The van der Waals surface area contributed by atoms with Crippen LogP contribution in [0.25, 0.3) is 0 Å². The van der Waals surface area contributed by atoms with E-state index in [0.717, 1.165) is 30.4 Å². The molecule has 0 aliphatic carbocycles. The highest BCUT2D eigenvalue weighted by Crippen LogP contribution is 2.14. The molecule has 21 heavy (non-hydrogen) atoms. The molecule has 2 atom stereocenters. The van der Waals surface area contributed by atoms with Crippen LogP contribution in [-0.2, 0) is 9.59 Å². The first kappa shape index (κ1) is 15.4. The molecular formula is C14H18F2N3O2+. The Labute approximate surface area is 121 Å². The summed E-state index contributed by atoms with van der Waals surface area (Å²) in [5.41, 5.74) is 5.23. The van der Waals surface area contributed by atoms with Crippen molar-refractivity contribution in [2.75, 3.05) is 25.0 Å². The van der Waals surface area contributed by atoms with E-state index >= 15 is 0 Å².